The summed E-state index contributed by atoms with van der Waals surface area (Å²) in [6.07, 6.45) is 0. The summed E-state index contributed by atoms with van der Waals surface area (Å²) in [5.74, 6) is -0.981. The monoisotopic (exact) mass is 274 g/mol. The van der Waals surface area contributed by atoms with E-state index >= 15 is 0 Å². The van der Waals surface area contributed by atoms with E-state index in [0.29, 0.717) is 16.8 Å². The zero-order valence-corrected chi connectivity index (χ0v) is 10.4. The lowest BCUT2D eigenvalue weighted by Gasteiger charge is -2.06. The number of anilines is 1. The van der Waals surface area contributed by atoms with Gasteiger partial charge in [-0.15, -0.1) is 0 Å². The van der Waals surface area contributed by atoms with Gasteiger partial charge in [-0.1, -0.05) is 11.6 Å². The van der Waals surface area contributed by atoms with Gasteiger partial charge in [-0.2, -0.15) is 5.26 Å². The average Bonchev–Trinajstić information content (AvgIpc) is 2.43. The fraction of sp³-hybridized carbons (Fsp3) is 0. The van der Waals surface area contributed by atoms with E-state index in [4.69, 9.17) is 16.9 Å². The summed E-state index contributed by atoms with van der Waals surface area (Å²) in [5, 5.41) is 11.2. The summed E-state index contributed by atoms with van der Waals surface area (Å²) in [7, 11) is 0. The number of carbonyl (C=O) groups excluding carboxylic acids is 1. The van der Waals surface area contributed by atoms with Crippen LogP contribution >= 0.6 is 11.6 Å². The van der Waals surface area contributed by atoms with Crippen LogP contribution in [0.15, 0.2) is 42.5 Å². The molecule has 0 aromatic heterocycles. The molecule has 3 nitrogen and oxygen atoms in total. The van der Waals surface area contributed by atoms with Crippen molar-refractivity contribution >= 4 is 23.2 Å². The normalized spacial score (nSPS) is 9.74. The molecule has 0 spiro atoms. The van der Waals surface area contributed by atoms with Crippen molar-refractivity contribution < 1.29 is 9.18 Å². The molecule has 2 aromatic rings. The Labute approximate surface area is 114 Å². The average molecular weight is 275 g/mol. The minimum atomic E-state index is -0.598. The maximum absolute atomic E-state index is 13.2. The van der Waals surface area contributed by atoms with Crippen LogP contribution in [0.1, 0.15) is 15.9 Å². The highest BCUT2D eigenvalue weighted by molar-refractivity contribution is 6.30. The van der Waals surface area contributed by atoms with Crippen LogP contribution < -0.4 is 5.32 Å². The third kappa shape index (κ3) is 3.09. The van der Waals surface area contributed by atoms with Crippen LogP contribution in [0.3, 0.4) is 0 Å². The number of amides is 1. The molecule has 0 atom stereocenters. The third-order valence-electron chi connectivity index (χ3n) is 2.45. The number of rotatable bonds is 2. The molecular weight excluding hydrogens is 267 g/mol. The van der Waals surface area contributed by atoms with E-state index in [0.717, 1.165) is 6.07 Å². The second-order valence-corrected chi connectivity index (χ2v) is 4.18. The molecule has 0 unspecified atom stereocenters. The Morgan fingerprint density at radius 1 is 1.21 bits per heavy atom. The molecule has 0 aliphatic heterocycles. The highest BCUT2D eigenvalue weighted by atomic mass is 35.5. The van der Waals surface area contributed by atoms with E-state index in [2.05, 4.69) is 5.32 Å². The molecule has 2 rings (SSSR count). The van der Waals surface area contributed by atoms with Crippen molar-refractivity contribution in [1.29, 1.82) is 5.26 Å². The SMILES string of the molecule is N#Cc1ccc(C(=O)Nc2ccc(Cl)c(F)c2)cc1. The van der Waals surface area contributed by atoms with Crippen molar-refractivity contribution in [3.8, 4) is 6.07 Å². The van der Waals surface area contributed by atoms with Crippen LogP contribution in [0.5, 0.6) is 0 Å². The molecule has 1 N–H and O–H groups in total. The highest BCUT2D eigenvalue weighted by Gasteiger charge is 2.07. The van der Waals surface area contributed by atoms with Gasteiger partial charge in [0.25, 0.3) is 5.91 Å². The van der Waals surface area contributed by atoms with Gasteiger partial charge in [0.2, 0.25) is 0 Å². The maximum atomic E-state index is 13.2. The van der Waals surface area contributed by atoms with Gasteiger partial charge in [0, 0.05) is 11.3 Å². The lowest BCUT2D eigenvalue weighted by Crippen LogP contribution is -2.11. The van der Waals surface area contributed by atoms with Crippen molar-refractivity contribution in [2.45, 2.75) is 0 Å². The molecule has 1 amide bonds. The summed E-state index contributed by atoms with van der Waals surface area (Å²) < 4.78 is 13.2. The number of nitrogens with zero attached hydrogens (tertiary/aromatic N) is 1. The number of carbonyl (C=O) groups is 1. The van der Waals surface area contributed by atoms with Gasteiger partial charge in [-0.05, 0) is 42.5 Å². The quantitative estimate of drug-likeness (QED) is 0.909. The Morgan fingerprint density at radius 3 is 2.47 bits per heavy atom. The van der Waals surface area contributed by atoms with E-state index in [1.807, 2.05) is 6.07 Å². The minimum Gasteiger partial charge on any atom is -0.322 e. The van der Waals surface area contributed by atoms with Gasteiger partial charge in [0.05, 0.1) is 16.7 Å². The van der Waals surface area contributed by atoms with Crippen LogP contribution in [0.2, 0.25) is 5.02 Å². The Balaban J connectivity index is 2.16. The van der Waals surface area contributed by atoms with E-state index in [-0.39, 0.29) is 10.9 Å². The van der Waals surface area contributed by atoms with Crippen LogP contribution in [0.4, 0.5) is 10.1 Å². The first-order valence-corrected chi connectivity index (χ1v) is 5.74. The molecule has 0 radical (unpaired) electrons. The van der Waals surface area contributed by atoms with E-state index in [1.54, 1.807) is 0 Å². The Hall–Kier alpha value is -2.38. The number of nitrogens with one attached hydrogen (secondary N) is 1. The molecule has 0 heterocycles. The molecule has 0 fully saturated rings. The van der Waals surface area contributed by atoms with Gasteiger partial charge < -0.3 is 5.32 Å². The summed E-state index contributed by atoms with van der Waals surface area (Å²) in [5.41, 5.74) is 1.17. The van der Waals surface area contributed by atoms with E-state index < -0.39 is 5.82 Å². The second kappa shape index (κ2) is 5.51. The number of nitriles is 1. The first-order valence-electron chi connectivity index (χ1n) is 5.37. The van der Waals surface area contributed by atoms with Crippen molar-refractivity contribution in [2.24, 2.45) is 0 Å². The Morgan fingerprint density at radius 2 is 1.89 bits per heavy atom. The first kappa shape index (κ1) is 13.1. The molecular formula is C14H8ClFN2O. The summed E-state index contributed by atoms with van der Waals surface area (Å²) in [6.45, 7) is 0. The summed E-state index contributed by atoms with van der Waals surface area (Å²) >= 11 is 5.55. The molecule has 0 aliphatic carbocycles. The fourth-order valence-corrected chi connectivity index (χ4v) is 1.59. The molecule has 0 aliphatic rings. The molecule has 0 saturated heterocycles. The van der Waals surface area contributed by atoms with Crippen molar-refractivity contribution in [3.63, 3.8) is 0 Å². The lowest BCUT2D eigenvalue weighted by atomic mass is 10.1. The minimum absolute atomic E-state index is 0.00336. The molecule has 0 saturated carbocycles. The van der Waals surface area contributed by atoms with Crippen LogP contribution in [-0.4, -0.2) is 5.91 Å². The predicted octanol–water partition coefficient (Wildman–Crippen LogP) is 3.60. The summed E-state index contributed by atoms with van der Waals surface area (Å²) in [4.78, 5) is 11.9. The zero-order valence-electron chi connectivity index (χ0n) is 9.65. The molecule has 94 valence electrons. The number of hydrogen-bond donors (Lipinski definition) is 1. The van der Waals surface area contributed by atoms with E-state index in [9.17, 15) is 9.18 Å². The third-order valence-corrected chi connectivity index (χ3v) is 2.76. The zero-order chi connectivity index (χ0) is 13.8. The van der Waals surface area contributed by atoms with Crippen molar-refractivity contribution in [2.75, 3.05) is 5.32 Å². The van der Waals surface area contributed by atoms with Gasteiger partial charge >= 0.3 is 0 Å². The number of benzene rings is 2. The fourth-order valence-electron chi connectivity index (χ4n) is 1.47. The largest absolute Gasteiger partial charge is 0.322 e. The molecule has 0 bridgehead atoms. The van der Waals surface area contributed by atoms with Crippen LogP contribution in [0, 0.1) is 17.1 Å². The van der Waals surface area contributed by atoms with Crippen LogP contribution in [-0.2, 0) is 0 Å². The van der Waals surface area contributed by atoms with E-state index in [1.165, 1.54) is 36.4 Å². The van der Waals surface area contributed by atoms with Gasteiger partial charge in [-0.3, -0.25) is 4.79 Å². The Kier molecular flexibility index (Phi) is 3.79. The number of hydrogen-bond acceptors (Lipinski definition) is 2. The topological polar surface area (TPSA) is 52.9 Å². The molecule has 2 aromatic carbocycles. The standard InChI is InChI=1S/C14H8ClFN2O/c15-12-6-5-11(7-13(12)16)18-14(19)10-3-1-9(8-17)2-4-10/h1-7H,(H,18,19). The second-order valence-electron chi connectivity index (χ2n) is 3.77. The van der Waals surface area contributed by atoms with Crippen molar-refractivity contribution in [3.05, 3.63) is 64.4 Å². The maximum Gasteiger partial charge on any atom is 0.255 e. The lowest BCUT2D eigenvalue weighted by molar-refractivity contribution is 0.102. The van der Waals surface area contributed by atoms with Crippen LogP contribution in [0.25, 0.3) is 0 Å². The Bertz CT molecular complexity index is 662. The van der Waals surface area contributed by atoms with Gasteiger partial charge in [0.15, 0.2) is 0 Å². The van der Waals surface area contributed by atoms with Gasteiger partial charge in [-0.25, -0.2) is 4.39 Å². The first-order chi connectivity index (χ1) is 9.10. The molecule has 5 heteroatoms. The molecule has 19 heavy (non-hydrogen) atoms. The smallest absolute Gasteiger partial charge is 0.255 e. The number of halogens is 2. The van der Waals surface area contributed by atoms with Gasteiger partial charge in [0.1, 0.15) is 5.82 Å². The highest BCUT2D eigenvalue weighted by Crippen LogP contribution is 2.19. The summed E-state index contributed by atoms with van der Waals surface area (Å²) in [6, 6.07) is 12.1. The predicted molar refractivity (Wildman–Crippen MR) is 70.5 cm³/mol. The van der Waals surface area contributed by atoms with Crippen molar-refractivity contribution in [1.82, 2.24) is 0 Å².